The predicted octanol–water partition coefficient (Wildman–Crippen LogP) is 4.28. The third-order valence-corrected chi connectivity index (χ3v) is 4.81. The van der Waals surface area contributed by atoms with Crippen LogP contribution in [0.25, 0.3) is 6.08 Å². The lowest BCUT2D eigenvalue weighted by molar-refractivity contribution is -0.116. The van der Waals surface area contributed by atoms with Crippen molar-refractivity contribution in [2.24, 2.45) is 0 Å². The number of ether oxygens (including phenoxy) is 1. The lowest BCUT2D eigenvalue weighted by atomic mass is 10.1. The first-order chi connectivity index (χ1) is 11.1. The highest BCUT2D eigenvalue weighted by Gasteiger charge is 2.06. The minimum atomic E-state index is -0.0817. The highest BCUT2D eigenvalue weighted by Crippen LogP contribution is 2.28. The standard InChI is InChI=1S/C18H17I2NO2/c1-23-18-15(19)11-14(12-16(18)20)7-8-17(22)21-10-9-13-5-3-2-4-6-13/h2-8,11-12H,9-10H2,1H3,(H,21,22). The Morgan fingerprint density at radius 1 is 1.17 bits per heavy atom. The molecule has 0 saturated carbocycles. The van der Waals surface area contributed by atoms with Gasteiger partial charge < -0.3 is 10.1 Å². The average Bonchev–Trinajstić information content (AvgIpc) is 2.54. The van der Waals surface area contributed by atoms with Crippen LogP contribution in [0.3, 0.4) is 0 Å². The summed E-state index contributed by atoms with van der Waals surface area (Å²) in [7, 11) is 1.66. The quantitative estimate of drug-likeness (QED) is 0.445. The molecule has 120 valence electrons. The number of halogens is 2. The Kier molecular flexibility index (Phi) is 7.35. The van der Waals surface area contributed by atoms with Crippen molar-refractivity contribution in [3.63, 3.8) is 0 Å². The maximum Gasteiger partial charge on any atom is 0.244 e. The van der Waals surface area contributed by atoms with E-state index in [0.717, 1.165) is 24.9 Å². The molecule has 2 rings (SSSR count). The van der Waals surface area contributed by atoms with Crippen molar-refractivity contribution in [1.82, 2.24) is 5.32 Å². The molecular formula is C18H17I2NO2. The summed E-state index contributed by atoms with van der Waals surface area (Å²) in [6.07, 6.45) is 4.22. The Morgan fingerprint density at radius 2 is 1.83 bits per heavy atom. The van der Waals surface area contributed by atoms with Gasteiger partial charge in [-0.05, 0) is 80.9 Å². The van der Waals surface area contributed by atoms with Crippen LogP contribution in [0.5, 0.6) is 5.75 Å². The topological polar surface area (TPSA) is 38.3 Å². The van der Waals surface area contributed by atoms with E-state index < -0.39 is 0 Å². The van der Waals surface area contributed by atoms with Crippen molar-refractivity contribution < 1.29 is 9.53 Å². The zero-order valence-electron chi connectivity index (χ0n) is 12.7. The average molecular weight is 533 g/mol. The first-order valence-electron chi connectivity index (χ1n) is 7.13. The van der Waals surface area contributed by atoms with Gasteiger partial charge >= 0.3 is 0 Å². The van der Waals surface area contributed by atoms with Crippen LogP contribution in [0.2, 0.25) is 0 Å². The molecule has 3 nitrogen and oxygen atoms in total. The van der Waals surface area contributed by atoms with Crippen LogP contribution in [0.15, 0.2) is 48.5 Å². The van der Waals surface area contributed by atoms with Gasteiger partial charge in [0, 0.05) is 12.6 Å². The summed E-state index contributed by atoms with van der Waals surface area (Å²) in [4.78, 5) is 11.9. The Hall–Kier alpha value is -1.09. The number of hydrogen-bond acceptors (Lipinski definition) is 2. The molecule has 1 N–H and O–H groups in total. The van der Waals surface area contributed by atoms with E-state index in [1.54, 1.807) is 13.2 Å². The molecule has 1 amide bonds. The molecule has 5 heteroatoms. The van der Waals surface area contributed by atoms with Crippen LogP contribution in [-0.4, -0.2) is 19.6 Å². The minimum absolute atomic E-state index is 0.0817. The van der Waals surface area contributed by atoms with E-state index in [4.69, 9.17) is 4.74 Å². The maximum absolute atomic E-state index is 11.9. The zero-order valence-corrected chi connectivity index (χ0v) is 17.0. The third-order valence-electron chi connectivity index (χ3n) is 3.21. The Morgan fingerprint density at radius 3 is 2.43 bits per heavy atom. The largest absolute Gasteiger partial charge is 0.495 e. The highest BCUT2D eigenvalue weighted by molar-refractivity contribution is 14.1. The van der Waals surface area contributed by atoms with Gasteiger partial charge in [-0.1, -0.05) is 30.3 Å². The summed E-state index contributed by atoms with van der Waals surface area (Å²) >= 11 is 4.47. The van der Waals surface area contributed by atoms with E-state index in [9.17, 15) is 4.79 Å². The summed E-state index contributed by atoms with van der Waals surface area (Å²) in [5, 5.41) is 2.90. The van der Waals surface area contributed by atoms with Gasteiger partial charge in [-0.25, -0.2) is 0 Å². The second kappa shape index (κ2) is 9.27. The van der Waals surface area contributed by atoms with E-state index in [-0.39, 0.29) is 5.91 Å². The van der Waals surface area contributed by atoms with E-state index in [1.165, 1.54) is 5.56 Å². The molecule has 0 unspecified atom stereocenters. The third kappa shape index (κ3) is 5.80. The van der Waals surface area contributed by atoms with Crippen molar-refractivity contribution in [2.75, 3.05) is 13.7 Å². The van der Waals surface area contributed by atoms with Gasteiger partial charge in [0.15, 0.2) is 0 Å². The molecule has 2 aromatic rings. The normalized spacial score (nSPS) is 10.7. The van der Waals surface area contributed by atoms with Gasteiger partial charge in [-0.15, -0.1) is 0 Å². The molecule has 0 spiro atoms. The highest BCUT2D eigenvalue weighted by atomic mass is 127. The smallest absolute Gasteiger partial charge is 0.244 e. The molecule has 0 bridgehead atoms. The number of rotatable bonds is 6. The monoisotopic (exact) mass is 533 g/mol. The van der Waals surface area contributed by atoms with Gasteiger partial charge in [0.1, 0.15) is 5.75 Å². The Balaban J connectivity index is 1.88. The molecule has 0 aliphatic carbocycles. The Bertz CT molecular complexity index is 676. The van der Waals surface area contributed by atoms with Crippen molar-refractivity contribution in [3.8, 4) is 5.75 Å². The molecule has 0 atom stereocenters. The first-order valence-corrected chi connectivity index (χ1v) is 9.29. The summed E-state index contributed by atoms with van der Waals surface area (Å²) in [6, 6.07) is 14.1. The van der Waals surface area contributed by atoms with E-state index in [1.807, 2.05) is 36.4 Å². The Labute approximate surface area is 163 Å². The van der Waals surface area contributed by atoms with Crippen LogP contribution in [-0.2, 0) is 11.2 Å². The predicted molar refractivity (Wildman–Crippen MR) is 111 cm³/mol. The molecule has 0 heterocycles. The molecule has 2 aromatic carbocycles. The summed E-state index contributed by atoms with van der Waals surface area (Å²) in [5.74, 6) is 0.789. The second-order valence-electron chi connectivity index (χ2n) is 4.88. The van der Waals surface area contributed by atoms with Gasteiger partial charge in [-0.2, -0.15) is 0 Å². The minimum Gasteiger partial charge on any atom is -0.495 e. The summed E-state index contributed by atoms with van der Waals surface area (Å²) < 4.78 is 7.39. The van der Waals surface area contributed by atoms with Crippen LogP contribution in [0, 0.1) is 7.14 Å². The molecule has 0 aromatic heterocycles. The molecular weight excluding hydrogens is 516 g/mol. The lowest BCUT2D eigenvalue weighted by Gasteiger charge is -2.07. The number of nitrogens with one attached hydrogen (secondary N) is 1. The molecule has 0 saturated heterocycles. The summed E-state index contributed by atoms with van der Waals surface area (Å²) in [5.41, 5.74) is 2.20. The van der Waals surface area contributed by atoms with Crippen molar-refractivity contribution in [1.29, 1.82) is 0 Å². The fraction of sp³-hybridized carbons (Fsp3) is 0.167. The van der Waals surface area contributed by atoms with Crippen molar-refractivity contribution in [3.05, 3.63) is 66.8 Å². The number of hydrogen-bond donors (Lipinski definition) is 1. The molecule has 0 aliphatic rings. The van der Waals surface area contributed by atoms with Gasteiger partial charge in [0.2, 0.25) is 5.91 Å². The van der Waals surface area contributed by atoms with Crippen molar-refractivity contribution in [2.45, 2.75) is 6.42 Å². The zero-order chi connectivity index (χ0) is 16.7. The SMILES string of the molecule is COc1c(I)cc(C=CC(=O)NCCc2ccccc2)cc1I. The molecule has 0 aliphatic heterocycles. The number of carbonyl (C=O) groups excluding carboxylic acids is 1. The summed E-state index contributed by atoms with van der Waals surface area (Å²) in [6.45, 7) is 0.630. The van der Waals surface area contributed by atoms with E-state index in [2.05, 4.69) is 62.6 Å². The van der Waals surface area contributed by atoms with Crippen LogP contribution in [0.4, 0.5) is 0 Å². The van der Waals surface area contributed by atoms with E-state index >= 15 is 0 Å². The number of carbonyl (C=O) groups is 1. The molecule has 23 heavy (non-hydrogen) atoms. The number of benzene rings is 2. The van der Waals surface area contributed by atoms with E-state index in [0.29, 0.717) is 6.54 Å². The maximum atomic E-state index is 11.9. The van der Waals surface area contributed by atoms with Gasteiger partial charge in [0.25, 0.3) is 0 Å². The second-order valence-corrected chi connectivity index (χ2v) is 7.20. The molecule has 0 fully saturated rings. The fourth-order valence-corrected chi connectivity index (χ4v) is 4.33. The number of amides is 1. The van der Waals surface area contributed by atoms with Crippen LogP contribution in [0.1, 0.15) is 11.1 Å². The fourth-order valence-electron chi connectivity index (χ4n) is 2.08. The van der Waals surface area contributed by atoms with Gasteiger partial charge in [-0.3, -0.25) is 4.79 Å². The van der Waals surface area contributed by atoms with Crippen molar-refractivity contribution >= 4 is 57.2 Å². The van der Waals surface area contributed by atoms with Gasteiger partial charge in [0.05, 0.1) is 14.3 Å². The van der Waals surface area contributed by atoms with Crippen LogP contribution < -0.4 is 10.1 Å². The molecule has 0 radical (unpaired) electrons. The number of methoxy groups -OCH3 is 1. The first kappa shape index (κ1) is 18.3. The lowest BCUT2D eigenvalue weighted by Crippen LogP contribution is -2.23. The van der Waals surface area contributed by atoms with Crippen LogP contribution >= 0.6 is 45.2 Å².